The molecule has 3 nitrogen and oxygen atoms in total. The zero-order valence-corrected chi connectivity index (χ0v) is 10.7. The minimum atomic E-state index is 0.0438. The number of ketones is 1. The van der Waals surface area contributed by atoms with Gasteiger partial charge >= 0.3 is 0 Å². The Morgan fingerprint density at radius 3 is 2.42 bits per heavy atom. The maximum atomic E-state index is 11.9. The van der Waals surface area contributed by atoms with Gasteiger partial charge in [0.25, 0.3) is 0 Å². The summed E-state index contributed by atoms with van der Waals surface area (Å²) in [7, 11) is 1.60. The first-order valence-electron chi connectivity index (χ1n) is 6.04. The maximum Gasteiger partial charge on any atom is 0.168 e. The lowest BCUT2D eigenvalue weighted by molar-refractivity contribution is 0.100. The highest BCUT2D eigenvalue weighted by Crippen LogP contribution is 2.13. The van der Waals surface area contributed by atoms with Gasteiger partial charge in [-0.2, -0.15) is 0 Å². The molecule has 0 spiro atoms. The topological polar surface area (TPSA) is 38.7 Å². The lowest BCUT2D eigenvalue weighted by atomic mass is 10.1. The molecule has 0 aliphatic heterocycles. The van der Waals surface area contributed by atoms with Gasteiger partial charge in [-0.1, -0.05) is 18.2 Å². The molecule has 0 aromatic heterocycles. The van der Waals surface area contributed by atoms with E-state index in [0.29, 0.717) is 12.0 Å². The third kappa shape index (κ3) is 3.78. The molecular formula is C16H15NO2. The summed E-state index contributed by atoms with van der Waals surface area (Å²) in [6.45, 7) is 0. The molecule has 0 bridgehead atoms. The molecule has 0 heterocycles. The number of aliphatic imine (C=N–C) groups is 1. The molecule has 0 unspecified atom stereocenters. The van der Waals surface area contributed by atoms with E-state index in [2.05, 4.69) is 4.99 Å². The van der Waals surface area contributed by atoms with E-state index in [9.17, 15) is 4.79 Å². The first-order chi connectivity index (χ1) is 9.29. The largest absolute Gasteiger partial charge is 0.497 e. The zero-order chi connectivity index (χ0) is 13.5. The lowest BCUT2D eigenvalue weighted by Gasteiger charge is -2.01. The summed E-state index contributed by atoms with van der Waals surface area (Å²) >= 11 is 0. The van der Waals surface area contributed by atoms with Crippen molar-refractivity contribution in [3.63, 3.8) is 0 Å². The zero-order valence-electron chi connectivity index (χ0n) is 10.7. The fourth-order valence-electron chi connectivity index (χ4n) is 1.64. The van der Waals surface area contributed by atoms with Crippen LogP contribution >= 0.6 is 0 Å². The summed E-state index contributed by atoms with van der Waals surface area (Å²) in [6.07, 6.45) is 1.93. The van der Waals surface area contributed by atoms with E-state index < -0.39 is 0 Å². The third-order valence-electron chi connectivity index (χ3n) is 2.69. The van der Waals surface area contributed by atoms with E-state index in [1.54, 1.807) is 37.6 Å². The molecule has 0 aliphatic carbocycles. The molecule has 0 aliphatic rings. The maximum absolute atomic E-state index is 11.9. The number of ether oxygens (including phenoxy) is 1. The monoisotopic (exact) mass is 253 g/mol. The number of methoxy groups -OCH3 is 1. The molecule has 96 valence electrons. The molecule has 2 aromatic carbocycles. The van der Waals surface area contributed by atoms with Crippen molar-refractivity contribution >= 4 is 17.7 Å². The van der Waals surface area contributed by atoms with Crippen molar-refractivity contribution in [3.05, 3.63) is 60.2 Å². The summed E-state index contributed by atoms with van der Waals surface area (Å²) in [5.74, 6) is 0.789. The number of Topliss-reactive ketones (excluding diaryl/α,β-unsaturated/α-hetero) is 1. The molecule has 0 fully saturated rings. The first-order valence-corrected chi connectivity index (χ1v) is 6.04. The van der Waals surface area contributed by atoms with Gasteiger partial charge < -0.3 is 4.74 Å². The van der Waals surface area contributed by atoms with Crippen LogP contribution in [0.1, 0.15) is 16.8 Å². The van der Waals surface area contributed by atoms with Crippen molar-refractivity contribution in [2.45, 2.75) is 6.42 Å². The molecule has 2 aromatic rings. The Hall–Kier alpha value is -2.42. The minimum Gasteiger partial charge on any atom is -0.497 e. The second kappa shape index (κ2) is 6.50. The molecule has 0 N–H and O–H groups in total. The van der Waals surface area contributed by atoms with Crippen LogP contribution in [0, 0.1) is 0 Å². The third-order valence-corrected chi connectivity index (χ3v) is 2.69. The van der Waals surface area contributed by atoms with Crippen LogP contribution in [0.25, 0.3) is 0 Å². The number of rotatable bonds is 5. The van der Waals surface area contributed by atoms with Crippen molar-refractivity contribution in [3.8, 4) is 5.75 Å². The first kappa shape index (κ1) is 13.0. The van der Waals surface area contributed by atoms with Gasteiger partial charge in [-0.15, -0.1) is 0 Å². The number of hydrogen-bond donors (Lipinski definition) is 0. The summed E-state index contributed by atoms with van der Waals surface area (Å²) < 4.78 is 5.05. The molecule has 0 atom stereocenters. The van der Waals surface area contributed by atoms with Crippen LogP contribution in [0.5, 0.6) is 5.75 Å². The highest BCUT2D eigenvalue weighted by molar-refractivity contribution is 6.03. The molecule has 2 rings (SSSR count). The van der Waals surface area contributed by atoms with Crippen LogP contribution in [-0.2, 0) is 0 Å². The number of para-hydroxylation sites is 1. The Labute approximate surface area is 112 Å². The SMILES string of the molecule is COc1ccc(C(=O)CC=Nc2ccccc2)cc1. The normalized spacial score (nSPS) is 10.6. The van der Waals surface area contributed by atoms with Gasteiger partial charge in [-0.25, -0.2) is 0 Å². The molecule has 3 heteroatoms. The van der Waals surface area contributed by atoms with Gasteiger partial charge in [0.05, 0.1) is 12.8 Å². The van der Waals surface area contributed by atoms with Gasteiger partial charge in [0.2, 0.25) is 0 Å². The molecular weight excluding hydrogens is 238 g/mol. The summed E-state index contributed by atoms with van der Waals surface area (Å²) in [5, 5.41) is 0. The predicted molar refractivity (Wildman–Crippen MR) is 76.5 cm³/mol. The van der Waals surface area contributed by atoms with Gasteiger partial charge in [-0.3, -0.25) is 9.79 Å². The van der Waals surface area contributed by atoms with Crippen molar-refractivity contribution in [1.29, 1.82) is 0 Å². The van der Waals surface area contributed by atoms with Crippen molar-refractivity contribution in [1.82, 2.24) is 0 Å². The van der Waals surface area contributed by atoms with Gasteiger partial charge in [0.15, 0.2) is 5.78 Å². The standard InChI is InChI=1S/C16H15NO2/c1-19-15-9-7-13(8-10-15)16(18)11-12-17-14-5-3-2-4-6-14/h2-10,12H,11H2,1H3. The van der Waals surface area contributed by atoms with Crippen molar-refractivity contribution < 1.29 is 9.53 Å². The number of hydrogen-bond acceptors (Lipinski definition) is 3. The van der Waals surface area contributed by atoms with Crippen LogP contribution in [-0.4, -0.2) is 19.1 Å². The second-order valence-electron chi connectivity index (χ2n) is 4.00. The summed E-state index contributed by atoms with van der Waals surface area (Å²) in [5.41, 5.74) is 1.52. The minimum absolute atomic E-state index is 0.0438. The van der Waals surface area contributed by atoms with Gasteiger partial charge in [-0.05, 0) is 36.4 Å². The number of carbonyl (C=O) groups excluding carboxylic acids is 1. The fraction of sp³-hybridized carbons (Fsp3) is 0.125. The Bertz CT molecular complexity index is 559. The molecule has 0 amide bonds. The quantitative estimate of drug-likeness (QED) is 0.602. The van der Waals surface area contributed by atoms with Crippen LogP contribution in [0.3, 0.4) is 0 Å². The number of nitrogens with zero attached hydrogens (tertiary/aromatic N) is 1. The van der Waals surface area contributed by atoms with E-state index in [-0.39, 0.29) is 5.78 Å². The summed E-state index contributed by atoms with van der Waals surface area (Å²) in [6, 6.07) is 16.6. The van der Waals surface area contributed by atoms with E-state index in [1.807, 2.05) is 30.3 Å². The molecule has 0 radical (unpaired) electrons. The average Bonchev–Trinajstić information content (AvgIpc) is 2.48. The average molecular weight is 253 g/mol. The van der Waals surface area contributed by atoms with Crippen LogP contribution in [0.15, 0.2) is 59.6 Å². The van der Waals surface area contributed by atoms with Crippen molar-refractivity contribution in [2.75, 3.05) is 7.11 Å². The van der Waals surface area contributed by atoms with Gasteiger partial charge in [0, 0.05) is 18.2 Å². The number of carbonyl (C=O) groups is 1. The van der Waals surface area contributed by atoms with E-state index >= 15 is 0 Å². The number of benzene rings is 2. The van der Waals surface area contributed by atoms with E-state index in [0.717, 1.165) is 11.4 Å². The highest BCUT2D eigenvalue weighted by atomic mass is 16.5. The second-order valence-corrected chi connectivity index (χ2v) is 4.00. The lowest BCUT2D eigenvalue weighted by Crippen LogP contribution is -1.99. The Kier molecular flexibility index (Phi) is 4.45. The molecule has 0 saturated heterocycles. The van der Waals surface area contributed by atoms with E-state index in [4.69, 9.17) is 4.74 Å². The Morgan fingerprint density at radius 2 is 1.79 bits per heavy atom. The predicted octanol–water partition coefficient (Wildman–Crippen LogP) is 3.67. The Morgan fingerprint density at radius 1 is 1.11 bits per heavy atom. The van der Waals surface area contributed by atoms with Gasteiger partial charge in [0.1, 0.15) is 5.75 Å². The smallest absolute Gasteiger partial charge is 0.168 e. The van der Waals surface area contributed by atoms with Crippen molar-refractivity contribution in [2.24, 2.45) is 4.99 Å². The van der Waals surface area contributed by atoms with E-state index in [1.165, 1.54) is 0 Å². The molecule has 19 heavy (non-hydrogen) atoms. The summed E-state index contributed by atoms with van der Waals surface area (Å²) in [4.78, 5) is 16.1. The van der Waals surface area contributed by atoms with Crippen LogP contribution in [0.4, 0.5) is 5.69 Å². The fourth-order valence-corrected chi connectivity index (χ4v) is 1.64. The van der Waals surface area contributed by atoms with Crippen LogP contribution < -0.4 is 4.74 Å². The Balaban J connectivity index is 1.95. The van der Waals surface area contributed by atoms with Crippen LogP contribution in [0.2, 0.25) is 0 Å². The molecule has 0 saturated carbocycles. The highest BCUT2D eigenvalue weighted by Gasteiger charge is 2.03.